The summed E-state index contributed by atoms with van der Waals surface area (Å²) in [5, 5.41) is 8.77. The van der Waals surface area contributed by atoms with Crippen LogP contribution in [-0.2, 0) is 4.79 Å². The maximum atomic E-state index is 12.7. The molecule has 2 aliphatic rings. The topological polar surface area (TPSA) is 83.1 Å². The van der Waals surface area contributed by atoms with E-state index in [1.165, 1.54) is 23.3 Å². The lowest BCUT2D eigenvalue weighted by Gasteiger charge is -2.29. The molecule has 1 aromatic carbocycles. The van der Waals surface area contributed by atoms with Crippen LogP contribution in [0.2, 0.25) is 0 Å². The van der Waals surface area contributed by atoms with Crippen molar-refractivity contribution < 1.29 is 9.59 Å². The number of hydrogen-bond donors (Lipinski definition) is 3. The van der Waals surface area contributed by atoms with E-state index < -0.39 is 0 Å². The molecule has 6 nitrogen and oxygen atoms in total. The van der Waals surface area contributed by atoms with E-state index in [1.807, 2.05) is 11.8 Å². The molecule has 0 unspecified atom stereocenters. The van der Waals surface area contributed by atoms with Crippen molar-refractivity contribution >= 4 is 35.1 Å². The number of carbonyl (C=O) groups is 2. The molecule has 0 spiro atoms. The zero-order valence-electron chi connectivity index (χ0n) is 15.9. The number of aryl methyl sites for hydroxylation is 1. The second kappa shape index (κ2) is 7.83. The smallest absolute Gasteiger partial charge is 0.270 e. The number of amides is 2. The van der Waals surface area contributed by atoms with Gasteiger partial charge in [-0.3, -0.25) is 9.59 Å². The molecular weight excluding hydrogens is 372 g/mol. The minimum Gasteiger partial charge on any atom is -0.359 e. The van der Waals surface area contributed by atoms with Crippen molar-refractivity contribution in [3.05, 3.63) is 47.7 Å². The molecule has 1 fully saturated rings. The first-order chi connectivity index (χ1) is 13.5. The van der Waals surface area contributed by atoms with Crippen LogP contribution in [0.25, 0.3) is 0 Å². The lowest BCUT2D eigenvalue weighted by Crippen LogP contribution is -2.39. The van der Waals surface area contributed by atoms with E-state index in [4.69, 9.17) is 0 Å². The molecule has 146 valence electrons. The zero-order valence-corrected chi connectivity index (χ0v) is 16.7. The van der Waals surface area contributed by atoms with Crippen LogP contribution >= 0.6 is 11.8 Å². The fourth-order valence-corrected chi connectivity index (χ4v) is 5.11. The molecule has 7 heteroatoms. The predicted molar refractivity (Wildman–Crippen MR) is 112 cm³/mol. The number of carbonyl (C=O) groups excluding carboxylic acids is 2. The Morgan fingerprint density at radius 3 is 2.68 bits per heavy atom. The summed E-state index contributed by atoms with van der Waals surface area (Å²) in [4.78, 5) is 29.7. The number of anilines is 2. The normalized spacial score (nSPS) is 17.4. The summed E-state index contributed by atoms with van der Waals surface area (Å²) in [5.41, 5.74) is 2.22. The number of fused-ring (bicyclic) bond motifs is 1. The third kappa shape index (κ3) is 4.14. The van der Waals surface area contributed by atoms with Gasteiger partial charge in [-0.05, 0) is 44.0 Å². The van der Waals surface area contributed by atoms with Crippen LogP contribution in [0.1, 0.15) is 41.7 Å². The van der Waals surface area contributed by atoms with E-state index in [1.54, 1.807) is 12.1 Å². The Morgan fingerprint density at radius 1 is 1.18 bits per heavy atom. The SMILES string of the molecule is Cc1ccc(SC2(CNC(=O)c3ccc4c(n3)NCC(=O)N4)CCCC2)cc1. The van der Waals surface area contributed by atoms with Gasteiger partial charge in [-0.25, -0.2) is 4.98 Å². The maximum Gasteiger partial charge on any atom is 0.270 e. The van der Waals surface area contributed by atoms with Crippen LogP contribution in [0.15, 0.2) is 41.3 Å². The van der Waals surface area contributed by atoms with E-state index in [2.05, 4.69) is 52.1 Å². The van der Waals surface area contributed by atoms with Gasteiger partial charge >= 0.3 is 0 Å². The minimum atomic E-state index is -0.183. The summed E-state index contributed by atoms with van der Waals surface area (Å²) in [5.74, 6) is 0.247. The standard InChI is InChI=1S/C21H24N4O2S/c1-14-4-6-15(7-5-14)28-21(10-2-3-11-21)13-23-20(27)17-9-8-16-19(25-17)22-12-18(26)24-16/h4-9H,2-3,10-13H2,1H3,(H,22,25)(H,23,27)(H,24,26). The quantitative estimate of drug-likeness (QED) is 0.719. The second-order valence-corrected chi connectivity index (χ2v) is 9.02. The summed E-state index contributed by atoms with van der Waals surface area (Å²) < 4.78 is 0.0331. The molecule has 1 aliphatic heterocycles. The van der Waals surface area contributed by atoms with Gasteiger partial charge in [0.25, 0.3) is 5.91 Å². The van der Waals surface area contributed by atoms with Crippen molar-refractivity contribution in [3.63, 3.8) is 0 Å². The monoisotopic (exact) mass is 396 g/mol. The van der Waals surface area contributed by atoms with Gasteiger partial charge in [0, 0.05) is 16.2 Å². The van der Waals surface area contributed by atoms with E-state index in [0.717, 1.165) is 12.8 Å². The Hall–Kier alpha value is -2.54. The Bertz CT molecular complexity index is 892. The third-order valence-electron chi connectivity index (χ3n) is 5.26. The average Bonchev–Trinajstić information content (AvgIpc) is 3.16. The zero-order chi connectivity index (χ0) is 19.6. The van der Waals surface area contributed by atoms with Crippen molar-refractivity contribution in [2.75, 3.05) is 23.7 Å². The molecule has 3 N–H and O–H groups in total. The average molecular weight is 397 g/mol. The summed E-state index contributed by atoms with van der Waals surface area (Å²) in [7, 11) is 0. The molecule has 4 rings (SSSR count). The number of nitrogens with zero attached hydrogens (tertiary/aromatic N) is 1. The highest BCUT2D eigenvalue weighted by Gasteiger charge is 2.35. The van der Waals surface area contributed by atoms with Crippen LogP contribution in [0.3, 0.4) is 0 Å². The molecule has 2 heterocycles. The fourth-order valence-electron chi connectivity index (χ4n) is 3.70. The van der Waals surface area contributed by atoms with Gasteiger partial charge in [0.1, 0.15) is 5.69 Å². The molecule has 0 atom stereocenters. The van der Waals surface area contributed by atoms with Crippen LogP contribution in [-0.4, -0.2) is 34.6 Å². The van der Waals surface area contributed by atoms with Crippen molar-refractivity contribution in [2.24, 2.45) is 0 Å². The van der Waals surface area contributed by atoms with Crippen LogP contribution in [0, 0.1) is 6.92 Å². The highest BCUT2D eigenvalue weighted by molar-refractivity contribution is 8.00. The summed E-state index contributed by atoms with van der Waals surface area (Å²) >= 11 is 1.87. The third-order valence-corrected chi connectivity index (χ3v) is 6.75. The molecule has 0 radical (unpaired) electrons. The van der Waals surface area contributed by atoms with Gasteiger partial charge in [-0.2, -0.15) is 0 Å². The molecule has 1 aliphatic carbocycles. The number of benzene rings is 1. The highest BCUT2D eigenvalue weighted by Crippen LogP contribution is 2.45. The summed E-state index contributed by atoms with van der Waals surface area (Å²) in [6.45, 7) is 2.88. The van der Waals surface area contributed by atoms with Crippen LogP contribution < -0.4 is 16.0 Å². The van der Waals surface area contributed by atoms with Crippen molar-refractivity contribution in [3.8, 4) is 0 Å². The number of nitrogens with one attached hydrogen (secondary N) is 3. The van der Waals surface area contributed by atoms with E-state index >= 15 is 0 Å². The number of pyridine rings is 1. The van der Waals surface area contributed by atoms with Crippen LogP contribution in [0.4, 0.5) is 11.5 Å². The van der Waals surface area contributed by atoms with Gasteiger partial charge in [-0.15, -0.1) is 11.8 Å². The van der Waals surface area contributed by atoms with Crippen molar-refractivity contribution in [2.45, 2.75) is 42.2 Å². The number of thioether (sulfide) groups is 1. The second-order valence-electron chi connectivity index (χ2n) is 7.48. The first-order valence-corrected chi connectivity index (χ1v) is 10.4. The molecule has 2 amide bonds. The van der Waals surface area contributed by atoms with Gasteiger partial charge in [0.2, 0.25) is 5.91 Å². The minimum absolute atomic E-state index is 0.0331. The first-order valence-electron chi connectivity index (χ1n) is 9.62. The van der Waals surface area contributed by atoms with E-state index in [-0.39, 0.29) is 23.1 Å². The van der Waals surface area contributed by atoms with Gasteiger partial charge < -0.3 is 16.0 Å². The molecule has 0 saturated heterocycles. The molecule has 1 aromatic heterocycles. The Kier molecular flexibility index (Phi) is 5.26. The Balaban J connectivity index is 1.43. The molecule has 28 heavy (non-hydrogen) atoms. The number of hydrogen-bond acceptors (Lipinski definition) is 5. The van der Waals surface area contributed by atoms with E-state index in [9.17, 15) is 9.59 Å². The first kappa shape index (κ1) is 18.8. The molecule has 0 bridgehead atoms. The summed E-state index contributed by atoms with van der Waals surface area (Å²) in [6, 6.07) is 11.9. The Labute approximate surface area is 168 Å². The summed E-state index contributed by atoms with van der Waals surface area (Å²) in [6.07, 6.45) is 4.57. The van der Waals surface area contributed by atoms with Crippen molar-refractivity contribution in [1.29, 1.82) is 0 Å². The van der Waals surface area contributed by atoms with Gasteiger partial charge in [-0.1, -0.05) is 30.5 Å². The largest absolute Gasteiger partial charge is 0.359 e. The molecule has 2 aromatic rings. The van der Waals surface area contributed by atoms with E-state index in [0.29, 0.717) is 23.7 Å². The van der Waals surface area contributed by atoms with Gasteiger partial charge in [0.15, 0.2) is 5.82 Å². The molecule has 1 saturated carbocycles. The van der Waals surface area contributed by atoms with Crippen LogP contribution in [0.5, 0.6) is 0 Å². The molecular formula is C21H24N4O2S. The van der Waals surface area contributed by atoms with Gasteiger partial charge in [0.05, 0.1) is 12.2 Å². The Morgan fingerprint density at radius 2 is 1.93 bits per heavy atom. The maximum absolute atomic E-state index is 12.7. The van der Waals surface area contributed by atoms with Crippen molar-refractivity contribution in [1.82, 2.24) is 10.3 Å². The number of aromatic nitrogens is 1. The fraction of sp³-hybridized carbons (Fsp3) is 0.381. The number of rotatable bonds is 5. The predicted octanol–water partition coefficient (Wildman–Crippen LogP) is 3.59. The lowest BCUT2D eigenvalue weighted by atomic mass is 10.1. The highest BCUT2D eigenvalue weighted by atomic mass is 32.2. The lowest BCUT2D eigenvalue weighted by molar-refractivity contribution is -0.114.